The second-order valence-electron chi connectivity index (χ2n) is 5.04. The summed E-state index contributed by atoms with van der Waals surface area (Å²) in [7, 11) is 15.4. The van der Waals surface area contributed by atoms with Crippen molar-refractivity contribution >= 4 is 34.5 Å². The van der Waals surface area contributed by atoms with Gasteiger partial charge in [0.1, 0.15) is 0 Å². The van der Waals surface area contributed by atoms with Crippen molar-refractivity contribution in [2.45, 2.75) is 50.0 Å². The summed E-state index contributed by atoms with van der Waals surface area (Å²) in [6, 6.07) is 0. The van der Waals surface area contributed by atoms with Gasteiger partial charge in [-0.1, -0.05) is 0 Å². The Morgan fingerprint density at radius 2 is 1.36 bits per heavy atom. The normalized spacial score (nSPS) is 16.6. The molecule has 1 N–H and O–H groups in total. The van der Waals surface area contributed by atoms with Crippen LogP contribution in [-0.2, 0) is 11.0 Å². The summed E-state index contributed by atoms with van der Waals surface area (Å²) in [6.07, 6.45) is 0. The molecule has 1 unspecified atom stereocenters. The highest BCUT2D eigenvalue weighted by molar-refractivity contribution is 7.84. The Morgan fingerprint density at radius 1 is 1.00 bits per heavy atom. The van der Waals surface area contributed by atoms with E-state index in [0.717, 1.165) is 0 Å². The van der Waals surface area contributed by atoms with Gasteiger partial charge in [0.05, 0.1) is 39.3 Å². The highest BCUT2D eigenvalue weighted by Crippen LogP contribution is 2.28. The molecule has 0 saturated carbocycles. The monoisotopic (exact) mass is 207 g/mol. The first-order valence-corrected chi connectivity index (χ1v) is 5.59. The summed E-state index contributed by atoms with van der Waals surface area (Å²) in [5, 5.41) is -1.41. The van der Waals surface area contributed by atoms with E-state index in [4.69, 9.17) is 23.5 Å². The molecule has 0 bridgehead atoms. The number of nitrogens with one attached hydrogen (secondary N) is 1. The van der Waals surface area contributed by atoms with Gasteiger partial charge in [0.15, 0.2) is 0 Å². The molecule has 0 aromatic heterocycles. The number of rotatable bonds is 3. The van der Waals surface area contributed by atoms with E-state index in [-0.39, 0.29) is 4.75 Å². The highest BCUT2D eigenvalue weighted by Gasteiger charge is 2.34. The van der Waals surface area contributed by atoms with E-state index < -0.39 is 21.6 Å². The Bertz CT molecular complexity index is 230. The molecule has 0 rings (SSSR count). The van der Waals surface area contributed by atoms with E-state index in [1.165, 1.54) is 0 Å². The molecule has 0 heterocycles. The molecule has 14 heavy (non-hydrogen) atoms. The molecule has 6 radical (unpaired) electrons. The Balaban J connectivity index is 4.62. The molecule has 0 aliphatic heterocycles. The van der Waals surface area contributed by atoms with Crippen LogP contribution in [0.5, 0.6) is 0 Å². The Kier molecular flexibility index (Phi) is 4.14. The van der Waals surface area contributed by atoms with Crippen molar-refractivity contribution in [3.05, 3.63) is 0 Å². The lowest BCUT2D eigenvalue weighted by molar-refractivity contribution is 0.466. The molecule has 6 heteroatoms. The van der Waals surface area contributed by atoms with Crippen molar-refractivity contribution in [3.8, 4) is 0 Å². The molecule has 0 aromatic rings. The second-order valence-corrected chi connectivity index (χ2v) is 7.01. The van der Waals surface area contributed by atoms with Crippen molar-refractivity contribution in [1.29, 1.82) is 0 Å². The lowest BCUT2D eigenvalue weighted by atomic mass is 9.36. The van der Waals surface area contributed by atoms with E-state index in [0.29, 0.717) is 0 Å². The van der Waals surface area contributed by atoms with Crippen LogP contribution in [0.15, 0.2) is 0 Å². The zero-order valence-corrected chi connectivity index (χ0v) is 10.4. The van der Waals surface area contributed by atoms with Crippen LogP contribution in [-0.4, -0.2) is 38.0 Å². The Labute approximate surface area is 93.8 Å². The summed E-state index contributed by atoms with van der Waals surface area (Å²) in [4.78, 5) is 0. The average molecular weight is 207 g/mol. The van der Waals surface area contributed by atoms with Gasteiger partial charge in [-0.25, -0.2) is 8.93 Å². The Morgan fingerprint density at radius 3 is 1.57 bits per heavy atom. The molecule has 0 saturated heterocycles. The third-order valence-electron chi connectivity index (χ3n) is 1.99. The lowest BCUT2D eigenvalue weighted by Crippen LogP contribution is -2.54. The number of hydrogen-bond acceptors (Lipinski definition) is 1. The molecule has 2 nitrogen and oxygen atoms in total. The predicted molar refractivity (Wildman–Crippen MR) is 65.1 cm³/mol. The smallest absolute Gasteiger partial charge is 0.0974 e. The van der Waals surface area contributed by atoms with Crippen LogP contribution in [0.2, 0.25) is 5.11 Å². The van der Waals surface area contributed by atoms with Crippen molar-refractivity contribution in [2.75, 3.05) is 0 Å². The van der Waals surface area contributed by atoms with Gasteiger partial charge in [-0.05, 0) is 34.6 Å². The van der Waals surface area contributed by atoms with E-state index >= 15 is 0 Å². The van der Waals surface area contributed by atoms with Crippen LogP contribution in [0.3, 0.4) is 0 Å². The predicted octanol–water partition coefficient (Wildman–Crippen LogP) is 0.396. The van der Waals surface area contributed by atoms with Crippen molar-refractivity contribution in [3.63, 3.8) is 0 Å². The lowest BCUT2D eigenvalue weighted by Gasteiger charge is -2.42. The number of hydrogen-bond donors (Lipinski definition) is 1. The van der Waals surface area contributed by atoms with E-state index in [2.05, 4.69) is 4.72 Å². The zero-order chi connectivity index (χ0) is 11.8. The maximum atomic E-state index is 11.8. The van der Waals surface area contributed by atoms with Gasteiger partial charge in [0, 0.05) is 5.54 Å². The highest BCUT2D eigenvalue weighted by atomic mass is 32.2. The maximum absolute atomic E-state index is 11.8. The quantitative estimate of drug-likeness (QED) is 0.666. The van der Waals surface area contributed by atoms with Crippen LogP contribution in [0.4, 0.5) is 0 Å². The molecular weight excluding hydrogens is 191 g/mol. The van der Waals surface area contributed by atoms with Crippen molar-refractivity contribution in [1.82, 2.24) is 4.72 Å². The molecule has 0 aromatic carbocycles. The SMILES string of the molecule is [B]C([B])([B])C(C)(C)NS(=O)C(C)(C)C. The molecule has 74 valence electrons. The Hall–Kier alpha value is 0.305. The van der Waals surface area contributed by atoms with Gasteiger partial charge in [0.2, 0.25) is 0 Å². The van der Waals surface area contributed by atoms with Crippen molar-refractivity contribution in [2.24, 2.45) is 0 Å². The van der Waals surface area contributed by atoms with Crippen molar-refractivity contribution < 1.29 is 4.21 Å². The van der Waals surface area contributed by atoms with Crippen LogP contribution in [0.25, 0.3) is 0 Å². The van der Waals surface area contributed by atoms with Gasteiger partial charge in [-0.3, -0.25) is 0 Å². The molecule has 0 aliphatic carbocycles. The first-order chi connectivity index (χ1) is 5.88. The molecule has 1 atom stereocenters. The van der Waals surface area contributed by atoms with Crippen LogP contribution in [0, 0.1) is 0 Å². The summed E-state index contributed by atoms with van der Waals surface area (Å²) in [5.41, 5.74) is -0.800. The molecule has 0 amide bonds. The van der Waals surface area contributed by atoms with Gasteiger partial charge in [-0.15, -0.1) is 5.11 Å². The summed E-state index contributed by atoms with van der Waals surface area (Å²) < 4.78 is 14.2. The summed E-state index contributed by atoms with van der Waals surface area (Å²) >= 11 is 0. The second kappa shape index (κ2) is 4.05. The maximum Gasteiger partial charge on any atom is 0.0974 e. The first kappa shape index (κ1) is 14.3. The van der Waals surface area contributed by atoms with Gasteiger partial charge >= 0.3 is 0 Å². The minimum Gasteiger partial charge on any atom is -0.242 e. The summed E-state index contributed by atoms with van der Waals surface area (Å²) in [6.45, 7) is 9.01. The fourth-order valence-electron chi connectivity index (χ4n) is 0.473. The molecular formula is C8H16B3NOS. The molecule has 0 spiro atoms. The van der Waals surface area contributed by atoms with Gasteiger partial charge in [-0.2, -0.15) is 0 Å². The third kappa shape index (κ3) is 3.81. The van der Waals surface area contributed by atoms with Crippen LogP contribution < -0.4 is 4.72 Å². The fourth-order valence-corrected chi connectivity index (χ4v) is 1.42. The minimum absolute atomic E-state index is 0.373. The third-order valence-corrected chi connectivity index (χ3v) is 3.79. The van der Waals surface area contributed by atoms with E-state index in [9.17, 15) is 4.21 Å². The van der Waals surface area contributed by atoms with E-state index in [1.54, 1.807) is 13.8 Å². The standard InChI is InChI=1S/C8H16B3NOS/c1-6(2,3)14(13)12-7(4,5)8(9,10)11/h12H,1-5H3. The molecule has 0 aliphatic rings. The van der Waals surface area contributed by atoms with Gasteiger partial charge < -0.3 is 0 Å². The van der Waals surface area contributed by atoms with E-state index in [1.807, 2.05) is 20.8 Å². The van der Waals surface area contributed by atoms with Crippen LogP contribution in [0.1, 0.15) is 34.6 Å². The summed E-state index contributed by atoms with van der Waals surface area (Å²) in [5.74, 6) is 0. The molecule has 0 fully saturated rings. The average Bonchev–Trinajstić information content (AvgIpc) is 1.80. The largest absolute Gasteiger partial charge is 0.242 e. The zero-order valence-electron chi connectivity index (χ0n) is 9.55. The fraction of sp³-hybridized carbons (Fsp3) is 1.00. The minimum atomic E-state index is -1.41. The van der Waals surface area contributed by atoms with Gasteiger partial charge in [0.25, 0.3) is 0 Å². The topological polar surface area (TPSA) is 29.1 Å². The van der Waals surface area contributed by atoms with Crippen LogP contribution >= 0.6 is 0 Å². The first-order valence-electron chi connectivity index (χ1n) is 4.44.